The van der Waals surface area contributed by atoms with E-state index >= 15 is 0 Å². The third-order valence-corrected chi connectivity index (χ3v) is 3.88. The molecule has 2 heteroatoms. The van der Waals surface area contributed by atoms with Crippen LogP contribution in [0, 0.1) is 0 Å². The van der Waals surface area contributed by atoms with E-state index in [1.165, 1.54) is 0 Å². The summed E-state index contributed by atoms with van der Waals surface area (Å²) in [5.41, 5.74) is 1.11. The minimum atomic E-state index is -0.0285. The van der Waals surface area contributed by atoms with Crippen molar-refractivity contribution in [2.75, 3.05) is 0 Å². The zero-order valence-corrected chi connectivity index (χ0v) is 10.9. The van der Waals surface area contributed by atoms with E-state index in [1.54, 1.807) is 0 Å². The number of hydrogen-bond donors (Lipinski definition) is 0. The summed E-state index contributed by atoms with van der Waals surface area (Å²) in [6.07, 6.45) is 2.27. The fourth-order valence-corrected chi connectivity index (χ4v) is 2.74. The smallest absolute Gasteiger partial charge is 0.230 e. The van der Waals surface area contributed by atoms with Crippen molar-refractivity contribution in [3.05, 3.63) is 35.9 Å². The van der Waals surface area contributed by atoms with Gasteiger partial charge in [0.15, 0.2) is 0 Å². The first-order valence-electron chi connectivity index (χ1n) is 6.48. The molecule has 17 heavy (non-hydrogen) atoms. The van der Waals surface area contributed by atoms with Crippen molar-refractivity contribution >= 4 is 5.91 Å². The summed E-state index contributed by atoms with van der Waals surface area (Å²) in [7, 11) is 0. The van der Waals surface area contributed by atoms with Crippen molar-refractivity contribution in [2.45, 2.75) is 51.6 Å². The molecule has 0 aliphatic carbocycles. The molecule has 0 N–H and O–H groups in total. The van der Waals surface area contributed by atoms with Crippen molar-refractivity contribution in [1.82, 2.24) is 4.90 Å². The molecule has 1 saturated heterocycles. The van der Waals surface area contributed by atoms with E-state index in [9.17, 15) is 4.79 Å². The van der Waals surface area contributed by atoms with E-state index in [2.05, 4.69) is 18.7 Å². The highest BCUT2D eigenvalue weighted by Gasteiger charge is 2.33. The second kappa shape index (κ2) is 4.91. The van der Waals surface area contributed by atoms with Crippen LogP contribution in [0.25, 0.3) is 0 Å². The molecule has 0 saturated carbocycles. The first kappa shape index (κ1) is 12.2. The van der Waals surface area contributed by atoms with Gasteiger partial charge in [-0.05, 0) is 39.2 Å². The number of benzene rings is 1. The van der Waals surface area contributed by atoms with Crippen LogP contribution in [0.5, 0.6) is 0 Å². The first-order valence-corrected chi connectivity index (χ1v) is 6.48. The lowest BCUT2D eigenvalue weighted by atomic mass is 9.99. The first-order chi connectivity index (χ1) is 8.11. The van der Waals surface area contributed by atoms with Gasteiger partial charge in [0.05, 0.1) is 5.92 Å². The lowest BCUT2D eigenvalue weighted by Gasteiger charge is -2.29. The van der Waals surface area contributed by atoms with Crippen LogP contribution < -0.4 is 0 Å². The Hall–Kier alpha value is -1.31. The Balaban J connectivity index is 2.15. The highest BCUT2D eigenvalue weighted by molar-refractivity contribution is 5.84. The van der Waals surface area contributed by atoms with Gasteiger partial charge in [-0.2, -0.15) is 0 Å². The SMILES string of the molecule is CC(C(=O)N1C(C)CC[C@H]1C)c1ccccc1. The molecule has 2 unspecified atom stereocenters. The predicted octanol–water partition coefficient (Wildman–Crippen LogP) is 3.19. The molecular formula is C15H21NO. The van der Waals surface area contributed by atoms with Crippen LogP contribution in [0.1, 0.15) is 45.1 Å². The van der Waals surface area contributed by atoms with Crippen LogP contribution in [0.4, 0.5) is 0 Å². The largest absolute Gasteiger partial charge is 0.337 e. The van der Waals surface area contributed by atoms with E-state index in [-0.39, 0.29) is 11.8 Å². The molecule has 0 spiro atoms. The summed E-state index contributed by atoms with van der Waals surface area (Å²) in [5.74, 6) is 0.243. The van der Waals surface area contributed by atoms with E-state index in [0.29, 0.717) is 12.1 Å². The molecule has 1 aliphatic rings. The lowest BCUT2D eigenvalue weighted by Crippen LogP contribution is -2.40. The number of carbonyl (C=O) groups is 1. The molecule has 1 fully saturated rings. The molecule has 1 amide bonds. The number of likely N-dealkylation sites (tertiary alicyclic amines) is 1. The summed E-state index contributed by atoms with van der Waals surface area (Å²) < 4.78 is 0. The maximum atomic E-state index is 12.5. The molecule has 1 aromatic carbocycles. The number of amides is 1. The van der Waals surface area contributed by atoms with Crippen molar-refractivity contribution < 1.29 is 4.79 Å². The summed E-state index contributed by atoms with van der Waals surface area (Å²) in [6.45, 7) is 6.31. The van der Waals surface area contributed by atoms with Crippen molar-refractivity contribution in [1.29, 1.82) is 0 Å². The lowest BCUT2D eigenvalue weighted by molar-refractivity contribution is -0.134. The molecule has 2 rings (SSSR count). The number of rotatable bonds is 2. The number of carbonyl (C=O) groups excluding carboxylic acids is 1. The summed E-state index contributed by atoms with van der Waals surface area (Å²) in [6, 6.07) is 10.8. The zero-order chi connectivity index (χ0) is 12.4. The third kappa shape index (κ3) is 2.36. The molecule has 92 valence electrons. The summed E-state index contributed by atoms with van der Waals surface area (Å²) >= 11 is 0. The van der Waals surface area contributed by atoms with Crippen LogP contribution in [-0.4, -0.2) is 22.9 Å². The highest BCUT2D eigenvalue weighted by atomic mass is 16.2. The van der Waals surface area contributed by atoms with Crippen LogP contribution >= 0.6 is 0 Å². The molecule has 3 atom stereocenters. The molecule has 1 heterocycles. The monoisotopic (exact) mass is 231 g/mol. The molecule has 1 aliphatic heterocycles. The maximum Gasteiger partial charge on any atom is 0.230 e. The molecule has 0 radical (unpaired) electrons. The fraction of sp³-hybridized carbons (Fsp3) is 0.533. The Morgan fingerprint density at radius 2 is 1.71 bits per heavy atom. The fourth-order valence-electron chi connectivity index (χ4n) is 2.74. The van der Waals surface area contributed by atoms with Gasteiger partial charge in [-0.3, -0.25) is 4.79 Å². The summed E-state index contributed by atoms with van der Waals surface area (Å²) in [5, 5.41) is 0. The third-order valence-electron chi connectivity index (χ3n) is 3.88. The van der Waals surface area contributed by atoms with Crippen molar-refractivity contribution in [2.24, 2.45) is 0 Å². The average molecular weight is 231 g/mol. The second-order valence-electron chi connectivity index (χ2n) is 5.15. The topological polar surface area (TPSA) is 20.3 Å². The zero-order valence-electron chi connectivity index (χ0n) is 10.9. The maximum absolute atomic E-state index is 12.5. The van der Waals surface area contributed by atoms with E-state index < -0.39 is 0 Å². The van der Waals surface area contributed by atoms with Gasteiger partial charge < -0.3 is 4.90 Å². The highest BCUT2D eigenvalue weighted by Crippen LogP contribution is 2.28. The van der Waals surface area contributed by atoms with Gasteiger partial charge in [0.2, 0.25) is 5.91 Å². The van der Waals surface area contributed by atoms with Gasteiger partial charge in [0, 0.05) is 12.1 Å². The normalized spacial score (nSPS) is 25.9. The quantitative estimate of drug-likeness (QED) is 0.765. The molecular weight excluding hydrogens is 210 g/mol. The molecule has 2 nitrogen and oxygen atoms in total. The van der Waals surface area contributed by atoms with Gasteiger partial charge in [0.25, 0.3) is 0 Å². The predicted molar refractivity (Wildman–Crippen MR) is 69.9 cm³/mol. The van der Waals surface area contributed by atoms with Crippen molar-refractivity contribution in [3.8, 4) is 0 Å². The second-order valence-corrected chi connectivity index (χ2v) is 5.15. The van der Waals surface area contributed by atoms with Gasteiger partial charge in [-0.1, -0.05) is 30.3 Å². The Morgan fingerprint density at radius 3 is 2.24 bits per heavy atom. The van der Waals surface area contributed by atoms with Crippen LogP contribution in [-0.2, 0) is 4.79 Å². The minimum Gasteiger partial charge on any atom is -0.337 e. The van der Waals surface area contributed by atoms with Gasteiger partial charge in [0.1, 0.15) is 0 Å². The van der Waals surface area contributed by atoms with Crippen molar-refractivity contribution in [3.63, 3.8) is 0 Å². The van der Waals surface area contributed by atoms with Gasteiger partial charge in [-0.15, -0.1) is 0 Å². The van der Waals surface area contributed by atoms with E-state index in [1.807, 2.05) is 37.3 Å². The minimum absolute atomic E-state index is 0.0285. The van der Waals surface area contributed by atoms with Gasteiger partial charge in [-0.25, -0.2) is 0 Å². The van der Waals surface area contributed by atoms with Gasteiger partial charge >= 0.3 is 0 Å². The Bertz CT molecular complexity index is 377. The average Bonchev–Trinajstić information content (AvgIpc) is 2.68. The van der Waals surface area contributed by atoms with E-state index in [0.717, 1.165) is 18.4 Å². The Kier molecular flexibility index (Phi) is 3.51. The Labute approximate surface area is 104 Å². The number of nitrogens with zero attached hydrogens (tertiary/aromatic N) is 1. The van der Waals surface area contributed by atoms with Crippen LogP contribution in [0.2, 0.25) is 0 Å². The van der Waals surface area contributed by atoms with E-state index in [4.69, 9.17) is 0 Å². The standard InChI is InChI=1S/C15H21NO/c1-11-9-10-12(2)16(11)15(17)13(3)14-7-5-4-6-8-14/h4-8,11-13H,9-10H2,1-3H3/t11-,12?,13?/m1/s1. The number of hydrogen-bond acceptors (Lipinski definition) is 1. The molecule has 1 aromatic rings. The Morgan fingerprint density at radius 1 is 1.18 bits per heavy atom. The van der Waals surface area contributed by atoms with Crippen LogP contribution in [0.3, 0.4) is 0 Å². The molecule has 0 bridgehead atoms. The van der Waals surface area contributed by atoms with Crippen LogP contribution in [0.15, 0.2) is 30.3 Å². The summed E-state index contributed by atoms with van der Waals surface area (Å²) in [4.78, 5) is 14.6. The molecule has 0 aromatic heterocycles.